The van der Waals surface area contributed by atoms with Crippen molar-refractivity contribution in [1.82, 2.24) is 8.87 Å². The predicted octanol–water partition coefficient (Wildman–Crippen LogP) is 5.42. The zero-order valence-corrected chi connectivity index (χ0v) is 24.0. The van der Waals surface area contributed by atoms with E-state index in [2.05, 4.69) is 61.7 Å². The van der Waals surface area contributed by atoms with E-state index in [0.717, 1.165) is 42.0 Å². The van der Waals surface area contributed by atoms with Crippen molar-refractivity contribution in [2.75, 3.05) is 37.3 Å². The summed E-state index contributed by atoms with van der Waals surface area (Å²) in [5, 5.41) is 14.6. The number of benzene rings is 1. The van der Waals surface area contributed by atoms with E-state index in [0.29, 0.717) is 37.9 Å². The molecule has 1 aromatic heterocycles. The van der Waals surface area contributed by atoms with E-state index in [1.165, 1.54) is 5.56 Å². The van der Waals surface area contributed by atoms with Gasteiger partial charge in [-0.25, -0.2) is 12.7 Å². The summed E-state index contributed by atoms with van der Waals surface area (Å²) in [7, 11) is -4.35. The maximum absolute atomic E-state index is 12.4. The van der Waals surface area contributed by atoms with Gasteiger partial charge < -0.3 is 14.6 Å². The van der Waals surface area contributed by atoms with Gasteiger partial charge in [-0.15, -0.1) is 0 Å². The van der Waals surface area contributed by atoms with Crippen LogP contribution >= 0.6 is 0 Å². The molecule has 0 amide bonds. The number of nitrogens with one attached hydrogen (secondary N) is 1. The van der Waals surface area contributed by atoms with Gasteiger partial charge in [-0.3, -0.25) is 0 Å². The minimum absolute atomic E-state index is 0.141. The number of aromatic nitrogens is 1. The Balaban J connectivity index is 1.94. The Morgan fingerprint density at radius 3 is 2.49 bits per heavy atom. The van der Waals surface area contributed by atoms with Gasteiger partial charge in [-0.2, -0.15) is 5.26 Å². The van der Waals surface area contributed by atoms with Crippen molar-refractivity contribution in [2.24, 2.45) is 5.92 Å². The number of nitriles is 1. The molecule has 1 saturated heterocycles. The molecule has 9 heteroatoms. The molecule has 194 valence electrons. The molecule has 1 N–H and O–H groups in total. The highest BCUT2D eigenvalue weighted by Gasteiger charge is 2.29. The quantitative estimate of drug-likeness (QED) is 0.317. The summed E-state index contributed by atoms with van der Waals surface area (Å²) in [6, 6.07) is 7.59. The fourth-order valence-corrected chi connectivity index (χ4v) is 6.46. The molecule has 0 atom stereocenters. The van der Waals surface area contributed by atoms with Crippen LogP contribution in [0.3, 0.4) is 0 Å². The van der Waals surface area contributed by atoms with Crippen molar-refractivity contribution in [3.05, 3.63) is 29.5 Å². The first-order valence-corrected chi connectivity index (χ1v) is 18.1. The summed E-state index contributed by atoms with van der Waals surface area (Å²) in [5.41, 5.74) is 3.69. The molecule has 3 rings (SSSR count). The summed E-state index contributed by atoms with van der Waals surface area (Å²) in [6.45, 7) is 16.1. The Hall–Kier alpha value is -1.86. The van der Waals surface area contributed by atoms with Crippen LogP contribution in [0.1, 0.15) is 50.7 Å². The molecule has 0 aliphatic carbocycles. The zero-order valence-electron chi connectivity index (χ0n) is 22.2. The van der Waals surface area contributed by atoms with Crippen LogP contribution in [0.25, 0.3) is 10.9 Å². The summed E-state index contributed by atoms with van der Waals surface area (Å²) in [4.78, 5) is 0. The molecule has 35 heavy (non-hydrogen) atoms. The predicted molar refractivity (Wildman–Crippen MR) is 147 cm³/mol. The van der Waals surface area contributed by atoms with Crippen molar-refractivity contribution < 1.29 is 13.2 Å². The summed E-state index contributed by atoms with van der Waals surface area (Å²) in [5.74, 6) is 0.878. The van der Waals surface area contributed by atoms with Crippen molar-refractivity contribution in [3.8, 4) is 6.07 Å². The average molecular weight is 519 g/mol. The second-order valence-corrected chi connectivity index (χ2v) is 19.2. The van der Waals surface area contributed by atoms with Gasteiger partial charge >= 0.3 is 0 Å². The largest absolute Gasteiger partial charge is 0.385 e. The van der Waals surface area contributed by atoms with Crippen molar-refractivity contribution in [2.45, 2.75) is 71.9 Å². The zero-order chi connectivity index (χ0) is 25.8. The van der Waals surface area contributed by atoms with E-state index in [1.54, 1.807) is 11.2 Å². The van der Waals surface area contributed by atoms with E-state index in [9.17, 15) is 13.7 Å². The fourth-order valence-electron chi connectivity index (χ4n) is 4.57. The lowest BCUT2D eigenvalue weighted by Crippen LogP contribution is -2.38. The number of rotatable bonds is 11. The smallest absolute Gasteiger partial charge is 0.213 e. The number of hydrogen-bond donors (Lipinski definition) is 1. The van der Waals surface area contributed by atoms with Gasteiger partial charge in [0.15, 0.2) is 0 Å². The standard InChI is InChI=1S/C26H42N4O3SSi/c1-7-34(31,32)30-10-8-21(9-11-30)25-18-29(19-33-12-13-35(4,5)6)26-22(16-27)14-23(15-24(25)26)28-17-20(2)3/h14-15,18,20-21,28H,7-13,17,19H2,1-6H3. The van der Waals surface area contributed by atoms with Crippen molar-refractivity contribution in [3.63, 3.8) is 0 Å². The highest BCUT2D eigenvalue weighted by molar-refractivity contribution is 7.89. The molecular formula is C26H42N4O3SSi. The van der Waals surface area contributed by atoms with Crippen molar-refractivity contribution >= 4 is 34.7 Å². The molecule has 0 radical (unpaired) electrons. The Labute approximate surface area is 212 Å². The van der Waals surface area contributed by atoms with Crippen LogP contribution in [-0.4, -0.2) is 57.4 Å². The number of ether oxygens (including phenoxy) is 1. The third-order valence-electron chi connectivity index (χ3n) is 6.72. The molecule has 0 unspecified atom stereocenters. The number of nitrogens with zero attached hydrogens (tertiary/aromatic N) is 3. The number of hydrogen-bond acceptors (Lipinski definition) is 5. The van der Waals surface area contributed by atoms with Crippen LogP contribution in [0.15, 0.2) is 18.3 Å². The number of sulfonamides is 1. The maximum atomic E-state index is 12.4. The van der Waals surface area contributed by atoms with E-state index in [4.69, 9.17) is 4.74 Å². The van der Waals surface area contributed by atoms with Crippen molar-refractivity contribution in [1.29, 1.82) is 5.26 Å². The SMILES string of the molecule is CCS(=O)(=O)N1CCC(c2cn(COCC[Si](C)(C)C)c3c(C#N)cc(NCC(C)C)cc23)CC1. The summed E-state index contributed by atoms with van der Waals surface area (Å²) in [6.07, 6.45) is 3.70. The van der Waals surface area contributed by atoms with Crippen LogP contribution < -0.4 is 5.32 Å². The molecule has 1 aliphatic heterocycles. The van der Waals surface area contributed by atoms with Crippen LogP contribution in [0.4, 0.5) is 5.69 Å². The second-order valence-electron chi connectivity index (χ2n) is 11.3. The first kappa shape index (κ1) is 27.7. The van der Waals surface area contributed by atoms with E-state index < -0.39 is 18.1 Å². The first-order valence-electron chi connectivity index (χ1n) is 12.8. The molecule has 0 spiro atoms. The molecule has 7 nitrogen and oxygen atoms in total. The summed E-state index contributed by atoms with van der Waals surface area (Å²) < 4.78 is 34.5. The third kappa shape index (κ3) is 7.10. The van der Waals surface area contributed by atoms with Crippen LogP contribution in [0.2, 0.25) is 25.7 Å². The fraction of sp³-hybridized carbons (Fsp3) is 0.654. The lowest BCUT2D eigenvalue weighted by molar-refractivity contribution is 0.0900. The molecule has 2 aromatic rings. The maximum Gasteiger partial charge on any atom is 0.213 e. The Morgan fingerprint density at radius 1 is 1.23 bits per heavy atom. The Kier molecular flexibility index (Phi) is 9.08. The minimum atomic E-state index is -3.17. The monoisotopic (exact) mass is 518 g/mol. The minimum Gasteiger partial charge on any atom is -0.385 e. The molecular weight excluding hydrogens is 476 g/mol. The molecule has 1 aromatic carbocycles. The van der Waals surface area contributed by atoms with E-state index in [1.807, 2.05) is 6.07 Å². The van der Waals surface area contributed by atoms with Gasteiger partial charge in [0.1, 0.15) is 12.8 Å². The lowest BCUT2D eigenvalue weighted by atomic mass is 9.89. The summed E-state index contributed by atoms with van der Waals surface area (Å²) >= 11 is 0. The molecule has 2 heterocycles. The normalized spacial score (nSPS) is 16.2. The molecule has 1 aliphatic rings. The highest BCUT2D eigenvalue weighted by Crippen LogP contribution is 2.38. The number of piperidine rings is 1. The molecule has 0 bridgehead atoms. The van der Waals surface area contributed by atoms with Gasteiger partial charge in [0.25, 0.3) is 0 Å². The molecule has 1 fully saturated rings. The first-order chi connectivity index (χ1) is 16.4. The third-order valence-corrected chi connectivity index (χ3v) is 10.3. The molecule has 0 saturated carbocycles. The van der Waals surface area contributed by atoms with Gasteiger partial charge in [-0.05, 0) is 55.3 Å². The van der Waals surface area contributed by atoms with Crippen LogP contribution in [-0.2, 0) is 21.5 Å². The van der Waals surface area contributed by atoms with Crippen LogP contribution in [0, 0.1) is 17.2 Å². The van der Waals surface area contributed by atoms with E-state index >= 15 is 0 Å². The lowest BCUT2D eigenvalue weighted by Gasteiger charge is -2.31. The van der Waals surface area contributed by atoms with E-state index in [-0.39, 0.29) is 11.7 Å². The van der Waals surface area contributed by atoms with Gasteiger partial charge in [0, 0.05) is 51.6 Å². The van der Waals surface area contributed by atoms with Gasteiger partial charge in [0.2, 0.25) is 10.0 Å². The number of fused-ring (bicyclic) bond motifs is 1. The Bertz CT molecular complexity index is 1150. The van der Waals surface area contributed by atoms with Gasteiger partial charge in [-0.1, -0.05) is 33.5 Å². The number of anilines is 1. The Morgan fingerprint density at radius 2 is 1.91 bits per heavy atom. The topological polar surface area (TPSA) is 87.4 Å². The van der Waals surface area contributed by atoms with Gasteiger partial charge in [0.05, 0.1) is 16.8 Å². The van der Waals surface area contributed by atoms with Crippen LogP contribution in [0.5, 0.6) is 0 Å². The second kappa shape index (κ2) is 11.5. The average Bonchev–Trinajstić information content (AvgIpc) is 3.18. The highest BCUT2D eigenvalue weighted by atomic mass is 32.2.